The van der Waals surface area contributed by atoms with Crippen LogP contribution < -0.4 is 5.48 Å². The summed E-state index contributed by atoms with van der Waals surface area (Å²) in [6.45, 7) is 7.24. The lowest BCUT2D eigenvalue weighted by molar-refractivity contribution is -0.140. The minimum atomic E-state index is -0.666. The molecule has 0 fully saturated rings. The molecule has 0 unspecified atom stereocenters. The summed E-state index contributed by atoms with van der Waals surface area (Å²) in [6.07, 6.45) is 0.517. The Labute approximate surface area is 78.9 Å². The molecule has 1 amide bonds. The molecule has 3 N–H and O–H groups in total. The maximum absolute atomic E-state index is 11.2. The van der Waals surface area contributed by atoms with Crippen molar-refractivity contribution in [1.82, 2.24) is 5.48 Å². The van der Waals surface area contributed by atoms with Crippen LogP contribution in [-0.4, -0.2) is 22.8 Å². The van der Waals surface area contributed by atoms with Crippen molar-refractivity contribution in [3.63, 3.8) is 0 Å². The highest BCUT2D eigenvalue weighted by molar-refractivity contribution is 5.80. The van der Waals surface area contributed by atoms with Crippen LogP contribution in [0.5, 0.6) is 0 Å². The van der Waals surface area contributed by atoms with Gasteiger partial charge in [-0.25, -0.2) is 5.48 Å². The van der Waals surface area contributed by atoms with Gasteiger partial charge in [-0.2, -0.15) is 0 Å². The smallest absolute Gasteiger partial charge is 0.249 e. The molecule has 78 valence electrons. The standard InChI is InChI=1S/C9H19NO3/c1-8(2,6-11)5-9(3,4)7(12)10-13/h11,13H,5-6H2,1-4H3,(H,10,12). The van der Waals surface area contributed by atoms with Crippen LogP contribution in [-0.2, 0) is 4.79 Å². The van der Waals surface area contributed by atoms with E-state index >= 15 is 0 Å². The van der Waals surface area contributed by atoms with Crippen molar-refractivity contribution >= 4 is 5.91 Å². The van der Waals surface area contributed by atoms with Gasteiger partial charge in [0.25, 0.3) is 0 Å². The molecular formula is C9H19NO3. The number of carbonyl (C=O) groups excluding carboxylic acids is 1. The average Bonchev–Trinajstić information content (AvgIpc) is 2.01. The first-order valence-corrected chi connectivity index (χ1v) is 4.30. The number of aliphatic hydroxyl groups is 1. The summed E-state index contributed by atoms with van der Waals surface area (Å²) >= 11 is 0. The fourth-order valence-corrected chi connectivity index (χ4v) is 1.48. The normalized spacial score (nSPS) is 12.8. The van der Waals surface area contributed by atoms with Gasteiger partial charge in [0.1, 0.15) is 0 Å². The third-order valence-corrected chi connectivity index (χ3v) is 2.06. The van der Waals surface area contributed by atoms with E-state index in [-0.39, 0.29) is 12.0 Å². The number of hydroxylamine groups is 1. The fraction of sp³-hybridized carbons (Fsp3) is 0.889. The monoisotopic (exact) mass is 189 g/mol. The number of carbonyl (C=O) groups is 1. The van der Waals surface area contributed by atoms with Crippen molar-refractivity contribution in [2.45, 2.75) is 34.1 Å². The number of aliphatic hydroxyl groups excluding tert-OH is 1. The van der Waals surface area contributed by atoms with Gasteiger partial charge >= 0.3 is 0 Å². The van der Waals surface area contributed by atoms with Crippen LogP contribution in [0.3, 0.4) is 0 Å². The van der Waals surface area contributed by atoms with Crippen LogP contribution in [0.1, 0.15) is 34.1 Å². The molecule has 0 aliphatic carbocycles. The molecule has 13 heavy (non-hydrogen) atoms. The molecule has 0 aromatic heterocycles. The Hall–Kier alpha value is -0.610. The summed E-state index contributed by atoms with van der Waals surface area (Å²) in [4.78, 5) is 11.2. The van der Waals surface area contributed by atoms with E-state index in [0.717, 1.165) is 0 Å². The molecule has 0 rings (SSSR count). The van der Waals surface area contributed by atoms with E-state index in [9.17, 15) is 4.79 Å². The molecule has 0 atom stereocenters. The topological polar surface area (TPSA) is 69.6 Å². The highest BCUT2D eigenvalue weighted by Crippen LogP contribution is 2.33. The van der Waals surface area contributed by atoms with E-state index in [1.807, 2.05) is 13.8 Å². The first kappa shape index (κ1) is 12.4. The van der Waals surface area contributed by atoms with Crippen molar-refractivity contribution in [2.24, 2.45) is 10.8 Å². The fourth-order valence-electron chi connectivity index (χ4n) is 1.48. The molecule has 0 heterocycles. The lowest BCUT2D eigenvalue weighted by Crippen LogP contribution is -2.39. The summed E-state index contributed by atoms with van der Waals surface area (Å²) in [6, 6.07) is 0. The van der Waals surface area contributed by atoms with E-state index in [4.69, 9.17) is 10.3 Å². The van der Waals surface area contributed by atoms with Crippen LogP contribution in [0, 0.1) is 10.8 Å². The Kier molecular flexibility index (Phi) is 3.88. The molecule has 4 nitrogen and oxygen atoms in total. The number of nitrogens with one attached hydrogen (secondary N) is 1. The molecule has 0 aliphatic rings. The van der Waals surface area contributed by atoms with Crippen molar-refractivity contribution in [3.8, 4) is 0 Å². The van der Waals surface area contributed by atoms with Gasteiger partial charge in [0.15, 0.2) is 0 Å². The highest BCUT2D eigenvalue weighted by atomic mass is 16.5. The van der Waals surface area contributed by atoms with Gasteiger partial charge in [-0.05, 0) is 11.8 Å². The maximum atomic E-state index is 11.2. The van der Waals surface area contributed by atoms with E-state index < -0.39 is 11.3 Å². The molecule has 0 aromatic carbocycles. The SMILES string of the molecule is CC(C)(CO)CC(C)(C)C(=O)NO. The van der Waals surface area contributed by atoms with Crippen molar-refractivity contribution in [3.05, 3.63) is 0 Å². The van der Waals surface area contributed by atoms with Crippen molar-refractivity contribution < 1.29 is 15.1 Å². The zero-order valence-electron chi connectivity index (χ0n) is 8.72. The molecule has 0 saturated carbocycles. The lowest BCUT2D eigenvalue weighted by Gasteiger charge is -2.31. The van der Waals surface area contributed by atoms with Crippen molar-refractivity contribution in [2.75, 3.05) is 6.61 Å². The Bertz CT molecular complexity index is 187. The van der Waals surface area contributed by atoms with Crippen LogP contribution in [0.4, 0.5) is 0 Å². The van der Waals surface area contributed by atoms with Gasteiger partial charge in [-0.3, -0.25) is 10.0 Å². The highest BCUT2D eigenvalue weighted by Gasteiger charge is 2.34. The molecule has 0 radical (unpaired) electrons. The van der Waals surface area contributed by atoms with Gasteiger partial charge in [-0.15, -0.1) is 0 Å². The Morgan fingerprint density at radius 1 is 1.31 bits per heavy atom. The molecule has 4 heteroatoms. The number of rotatable bonds is 4. The second-order valence-corrected chi connectivity index (χ2v) is 4.82. The first-order valence-electron chi connectivity index (χ1n) is 4.30. The number of hydrogen-bond acceptors (Lipinski definition) is 3. The van der Waals surface area contributed by atoms with Gasteiger partial charge in [-0.1, -0.05) is 27.7 Å². The summed E-state index contributed by atoms with van der Waals surface area (Å²) in [5, 5.41) is 17.5. The first-order chi connectivity index (χ1) is 5.75. The Morgan fingerprint density at radius 3 is 2.08 bits per heavy atom. The molecular weight excluding hydrogens is 170 g/mol. The van der Waals surface area contributed by atoms with Gasteiger partial charge in [0.2, 0.25) is 5.91 Å². The van der Waals surface area contributed by atoms with Gasteiger partial charge < -0.3 is 5.11 Å². The third kappa shape index (κ3) is 3.74. The van der Waals surface area contributed by atoms with E-state index in [0.29, 0.717) is 6.42 Å². The van der Waals surface area contributed by atoms with Gasteiger partial charge in [0, 0.05) is 12.0 Å². The second kappa shape index (κ2) is 4.07. The zero-order valence-corrected chi connectivity index (χ0v) is 8.72. The third-order valence-electron chi connectivity index (χ3n) is 2.06. The zero-order chi connectivity index (χ0) is 10.7. The maximum Gasteiger partial charge on any atom is 0.249 e. The van der Waals surface area contributed by atoms with E-state index in [1.54, 1.807) is 19.3 Å². The Morgan fingerprint density at radius 2 is 1.77 bits per heavy atom. The molecule has 0 spiro atoms. The summed E-state index contributed by atoms with van der Waals surface area (Å²) in [5.74, 6) is -0.422. The molecule has 0 aliphatic heterocycles. The van der Waals surface area contributed by atoms with Crippen LogP contribution in [0.2, 0.25) is 0 Å². The lowest BCUT2D eigenvalue weighted by atomic mass is 9.75. The number of hydrogen-bond donors (Lipinski definition) is 3. The predicted molar refractivity (Wildman–Crippen MR) is 49.2 cm³/mol. The largest absolute Gasteiger partial charge is 0.396 e. The minimum absolute atomic E-state index is 0.0230. The van der Waals surface area contributed by atoms with Crippen molar-refractivity contribution in [1.29, 1.82) is 0 Å². The van der Waals surface area contributed by atoms with Crippen LogP contribution in [0.15, 0.2) is 0 Å². The minimum Gasteiger partial charge on any atom is -0.396 e. The molecule has 0 saturated heterocycles. The summed E-state index contributed by atoms with van der Waals surface area (Å²) < 4.78 is 0. The van der Waals surface area contributed by atoms with E-state index in [2.05, 4.69) is 0 Å². The molecule has 0 aromatic rings. The summed E-state index contributed by atoms with van der Waals surface area (Å²) in [7, 11) is 0. The van der Waals surface area contributed by atoms with E-state index in [1.165, 1.54) is 0 Å². The number of amides is 1. The second-order valence-electron chi connectivity index (χ2n) is 4.82. The summed E-state index contributed by atoms with van der Waals surface area (Å²) in [5.41, 5.74) is 0.656. The average molecular weight is 189 g/mol. The van der Waals surface area contributed by atoms with Crippen LogP contribution in [0.25, 0.3) is 0 Å². The quantitative estimate of drug-likeness (QED) is 0.455. The Balaban J connectivity index is 4.41. The predicted octanol–water partition coefficient (Wildman–Crippen LogP) is 0.927. The van der Waals surface area contributed by atoms with Crippen LogP contribution >= 0.6 is 0 Å². The van der Waals surface area contributed by atoms with Gasteiger partial charge in [0.05, 0.1) is 0 Å². The molecule has 0 bridgehead atoms.